The van der Waals surface area contributed by atoms with Gasteiger partial charge in [0.25, 0.3) is 0 Å². The molecule has 106 valence electrons. The van der Waals surface area contributed by atoms with E-state index in [1.54, 1.807) is 12.1 Å². The molecular weight excluding hydrogens is 272 g/mol. The predicted octanol–water partition coefficient (Wildman–Crippen LogP) is 2.08. The SMILES string of the molecule is O=C1C=Cc2ccccc2/C1=c1\c(O)ccc2c1=CC=CC2. The summed E-state index contributed by atoms with van der Waals surface area (Å²) in [5, 5.41) is 12.0. The van der Waals surface area contributed by atoms with Crippen molar-refractivity contribution in [2.45, 2.75) is 6.42 Å². The Bertz CT molecular complexity index is 975. The van der Waals surface area contributed by atoms with E-state index in [9.17, 15) is 9.90 Å². The van der Waals surface area contributed by atoms with Gasteiger partial charge in [0, 0.05) is 10.8 Å². The fourth-order valence-electron chi connectivity index (χ4n) is 3.15. The molecule has 1 N–H and O–H groups in total. The average Bonchev–Trinajstić information content (AvgIpc) is 2.56. The fourth-order valence-corrected chi connectivity index (χ4v) is 3.15. The second-order valence-electron chi connectivity index (χ2n) is 5.49. The minimum atomic E-state index is -0.0645. The van der Waals surface area contributed by atoms with Crippen LogP contribution in [-0.2, 0) is 11.2 Å². The monoisotopic (exact) mass is 286 g/mol. The summed E-state index contributed by atoms with van der Waals surface area (Å²) >= 11 is 0. The van der Waals surface area contributed by atoms with Gasteiger partial charge >= 0.3 is 0 Å². The van der Waals surface area contributed by atoms with E-state index in [0.29, 0.717) is 10.8 Å². The first kappa shape index (κ1) is 12.8. The van der Waals surface area contributed by atoms with E-state index in [-0.39, 0.29) is 11.5 Å². The molecule has 2 aliphatic rings. The second-order valence-corrected chi connectivity index (χ2v) is 5.49. The molecule has 22 heavy (non-hydrogen) atoms. The van der Waals surface area contributed by atoms with Gasteiger partial charge in [-0.2, -0.15) is 0 Å². The zero-order valence-electron chi connectivity index (χ0n) is 11.9. The number of allylic oxidation sites excluding steroid dienone is 3. The van der Waals surface area contributed by atoms with E-state index in [0.717, 1.165) is 28.3 Å². The van der Waals surface area contributed by atoms with Crippen LogP contribution in [0.2, 0.25) is 0 Å². The van der Waals surface area contributed by atoms with E-state index in [1.807, 2.05) is 48.6 Å². The molecule has 0 aliphatic heterocycles. The molecule has 2 nitrogen and oxygen atoms in total. The molecule has 2 aromatic carbocycles. The van der Waals surface area contributed by atoms with Crippen molar-refractivity contribution in [1.82, 2.24) is 0 Å². The lowest BCUT2D eigenvalue weighted by Crippen LogP contribution is -2.34. The number of ketones is 1. The number of phenols is 1. The van der Waals surface area contributed by atoms with Crippen molar-refractivity contribution in [3.05, 3.63) is 81.8 Å². The molecule has 0 aromatic heterocycles. The quantitative estimate of drug-likeness (QED) is 0.805. The number of phenolic OH excluding ortho intramolecular Hbond substituents is 1. The Labute approximate surface area is 128 Å². The molecule has 0 bridgehead atoms. The van der Waals surface area contributed by atoms with Crippen molar-refractivity contribution in [2.24, 2.45) is 0 Å². The van der Waals surface area contributed by atoms with Gasteiger partial charge in [-0.15, -0.1) is 0 Å². The Morgan fingerprint density at radius 3 is 2.77 bits per heavy atom. The lowest BCUT2D eigenvalue weighted by Gasteiger charge is -2.15. The summed E-state index contributed by atoms with van der Waals surface area (Å²) in [7, 11) is 0. The highest BCUT2D eigenvalue weighted by Gasteiger charge is 2.20. The molecule has 0 atom stereocenters. The topological polar surface area (TPSA) is 37.3 Å². The highest BCUT2D eigenvalue weighted by atomic mass is 16.3. The number of hydrogen-bond acceptors (Lipinski definition) is 2. The van der Waals surface area contributed by atoms with Crippen molar-refractivity contribution in [3.8, 4) is 5.75 Å². The number of benzene rings is 2. The van der Waals surface area contributed by atoms with Gasteiger partial charge in [0.15, 0.2) is 5.78 Å². The maximum absolute atomic E-state index is 12.5. The summed E-state index contributed by atoms with van der Waals surface area (Å²) in [4.78, 5) is 12.5. The minimum absolute atomic E-state index is 0.0645. The molecule has 0 unspecified atom stereocenters. The Morgan fingerprint density at radius 2 is 1.86 bits per heavy atom. The van der Waals surface area contributed by atoms with Crippen LogP contribution >= 0.6 is 0 Å². The van der Waals surface area contributed by atoms with Gasteiger partial charge in [0.05, 0.1) is 0 Å². The first-order chi connectivity index (χ1) is 10.8. The highest BCUT2D eigenvalue weighted by molar-refractivity contribution is 6.29. The van der Waals surface area contributed by atoms with Crippen LogP contribution in [0.5, 0.6) is 5.75 Å². The van der Waals surface area contributed by atoms with Crippen LogP contribution in [0.25, 0.3) is 17.7 Å². The van der Waals surface area contributed by atoms with Crippen LogP contribution in [0.4, 0.5) is 0 Å². The van der Waals surface area contributed by atoms with Crippen molar-refractivity contribution >= 4 is 23.5 Å². The summed E-state index contributed by atoms with van der Waals surface area (Å²) in [6.07, 6.45) is 10.2. The van der Waals surface area contributed by atoms with E-state index < -0.39 is 0 Å². The van der Waals surface area contributed by atoms with E-state index >= 15 is 0 Å². The predicted molar refractivity (Wildman–Crippen MR) is 87.7 cm³/mol. The minimum Gasteiger partial charge on any atom is -0.507 e. The molecule has 0 fully saturated rings. The maximum atomic E-state index is 12.5. The fraction of sp³-hybridized carbons (Fsp3) is 0.0500. The van der Waals surface area contributed by atoms with Gasteiger partial charge in [-0.3, -0.25) is 4.79 Å². The molecule has 0 heterocycles. The zero-order chi connectivity index (χ0) is 15.1. The summed E-state index contributed by atoms with van der Waals surface area (Å²) in [6.45, 7) is 0. The molecule has 0 radical (unpaired) electrons. The summed E-state index contributed by atoms with van der Waals surface area (Å²) < 4.78 is 0. The summed E-state index contributed by atoms with van der Waals surface area (Å²) in [5.74, 6) is 0.0871. The van der Waals surface area contributed by atoms with Crippen LogP contribution in [-0.4, -0.2) is 10.9 Å². The van der Waals surface area contributed by atoms with E-state index in [4.69, 9.17) is 0 Å². The number of carbonyl (C=O) groups excluding carboxylic acids is 1. The maximum Gasteiger partial charge on any atom is 0.187 e. The van der Waals surface area contributed by atoms with Crippen LogP contribution in [0.15, 0.2) is 54.6 Å². The van der Waals surface area contributed by atoms with Gasteiger partial charge in [-0.05, 0) is 40.5 Å². The standard InChI is InChI=1S/C20H14O2/c21-17-11-9-13-5-1-3-7-15(13)19(17)20-16-8-4-2-6-14(16)10-12-18(20)22/h1-5,7-12,22H,6H2/b20-19+. The van der Waals surface area contributed by atoms with Crippen molar-refractivity contribution in [2.75, 3.05) is 0 Å². The Balaban J connectivity index is 2.23. The largest absolute Gasteiger partial charge is 0.507 e. The van der Waals surface area contributed by atoms with Crippen LogP contribution in [0.1, 0.15) is 16.7 Å². The average molecular weight is 286 g/mol. The number of rotatable bonds is 0. The van der Waals surface area contributed by atoms with Gasteiger partial charge in [0.1, 0.15) is 5.75 Å². The number of hydrogen-bond donors (Lipinski definition) is 1. The third-order valence-electron chi connectivity index (χ3n) is 4.19. The summed E-state index contributed by atoms with van der Waals surface area (Å²) in [5.41, 5.74) is 3.59. The lowest BCUT2D eigenvalue weighted by molar-refractivity contribution is -0.109. The highest BCUT2D eigenvalue weighted by Crippen LogP contribution is 2.25. The summed E-state index contributed by atoms with van der Waals surface area (Å²) in [6, 6.07) is 11.4. The van der Waals surface area contributed by atoms with Crippen LogP contribution in [0.3, 0.4) is 0 Å². The van der Waals surface area contributed by atoms with Crippen LogP contribution < -0.4 is 10.4 Å². The normalized spacial score (nSPS) is 17.7. The molecule has 2 heteroatoms. The first-order valence-corrected chi connectivity index (χ1v) is 7.29. The Kier molecular flexibility index (Phi) is 2.83. The molecular formula is C20H14O2. The molecule has 0 amide bonds. The molecule has 4 rings (SSSR count). The van der Waals surface area contributed by atoms with Gasteiger partial charge < -0.3 is 5.11 Å². The van der Waals surface area contributed by atoms with Crippen molar-refractivity contribution in [3.63, 3.8) is 0 Å². The molecule has 0 spiro atoms. The molecule has 2 aliphatic carbocycles. The van der Waals surface area contributed by atoms with Crippen molar-refractivity contribution < 1.29 is 9.90 Å². The van der Waals surface area contributed by atoms with Crippen LogP contribution in [0, 0.1) is 0 Å². The lowest BCUT2D eigenvalue weighted by atomic mass is 9.88. The smallest absolute Gasteiger partial charge is 0.187 e. The first-order valence-electron chi connectivity index (χ1n) is 7.29. The van der Waals surface area contributed by atoms with Crippen molar-refractivity contribution in [1.29, 1.82) is 0 Å². The van der Waals surface area contributed by atoms with E-state index in [2.05, 4.69) is 6.08 Å². The van der Waals surface area contributed by atoms with Gasteiger partial charge in [-0.25, -0.2) is 0 Å². The van der Waals surface area contributed by atoms with E-state index in [1.165, 1.54) is 0 Å². The molecule has 0 saturated carbocycles. The Hall–Kier alpha value is -2.87. The number of fused-ring (bicyclic) bond motifs is 2. The zero-order valence-corrected chi connectivity index (χ0v) is 11.9. The Morgan fingerprint density at radius 1 is 1.00 bits per heavy atom. The molecule has 2 aromatic rings. The number of carbonyl (C=O) groups is 1. The molecule has 0 saturated heterocycles. The third kappa shape index (κ3) is 1.85. The number of aromatic hydroxyl groups is 1. The second kappa shape index (κ2) is 4.85. The van der Waals surface area contributed by atoms with Gasteiger partial charge in [0.2, 0.25) is 0 Å². The third-order valence-corrected chi connectivity index (χ3v) is 4.19. The van der Waals surface area contributed by atoms with Gasteiger partial charge in [-0.1, -0.05) is 54.6 Å².